The summed E-state index contributed by atoms with van der Waals surface area (Å²) in [6.45, 7) is 2.20. The lowest BCUT2D eigenvalue weighted by molar-refractivity contribution is -0.128. The lowest BCUT2D eigenvalue weighted by atomic mass is 9.55. The Morgan fingerprint density at radius 3 is 2.95 bits per heavy atom. The van der Waals surface area contributed by atoms with Crippen molar-refractivity contribution in [1.82, 2.24) is 0 Å². The number of carbonyl (C=O) groups excluding carboxylic acids is 1. The van der Waals surface area contributed by atoms with Crippen LogP contribution in [0.5, 0.6) is 5.75 Å². The van der Waals surface area contributed by atoms with E-state index in [2.05, 4.69) is 28.9 Å². The second-order valence-corrected chi connectivity index (χ2v) is 8.43. The Bertz CT molecular complexity index is 611. The molecular weight excluding hydrogens is 328 g/mol. The summed E-state index contributed by atoms with van der Waals surface area (Å²) in [5, 5.41) is 9.69. The molecule has 3 aliphatic rings. The minimum Gasteiger partial charge on any atom is -0.508 e. The van der Waals surface area contributed by atoms with Gasteiger partial charge in [0.25, 0.3) is 0 Å². The smallest absolute Gasteiger partial charge is 0.152 e. The molecule has 0 aliphatic heterocycles. The average molecular weight is 349 g/mol. The molecule has 1 aromatic rings. The number of hydrogen-bond acceptors (Lipinski definition) is 2. The van der Waals surface area contributed by atoms with Crippen molar-refractivity contribution in [3.8, 4) is 5.75 Å². The Kier molecular flexibility index (Phi) is 3.01. The van der Waals surface area contributed by atoms with Crippen LogP contribution in [0.1, 0.15) is 49.7 Å². The number of halogens is 1. The van der Waals surface area contributed by atoms with Crippen LogP contribution in [0.15, 0.2) is 18.2 Å². The van der Waals surface area contributed by atoms with Gasteiger partial charge in [0.1, 0.15) is 5.75 Å². The minimum absolute atomic E-state index is 0.0625. The van der Waals surface area contributed by atoms with Gasteiger partial charge in [-0.25, -0.2) is 0 Å². The van der Waals surface area contributed by atoms with Gasteiger partial charge in [-0.2, -0.15) is 0 Å². The highest BCUT2D eigenvalue weighted by atomic mass is 79.9. The van der Waals surface area contributed by atoms with Crippen molar-refractivity contribution in [1.29, 1.82) is 0 Å². The maximum atomic E-state index is 12.5. The zero-order valence-electron chi connectivity index (χ0n) is 12.3. The highest BCUT2D eigenvalue weighted by Gasteiger charge is 2.57. The van der Waals surface area contributed by atoms with Crippen LogP contribution in [0.4, 0.5) is 0 Å². The first-order chi connectivity index (χ1) is 10.0. The van der Waals surface area contributed by atoms with E-state index in [1.54, 1.807) is 0 Å². The third-order valence-electron chi connectivity index (χ3n) is 6.41. The molecule has 21 heavy (non-hydrogen) atoms. The fourth-order valence-electron chi connectivity index (χ4n) is 5.32. The van der Waals surface area contributed by atoms with Gasteiger partial charge in [0, 0.05) is 5.41 Å². The number of benzene rings is 1. The number of aryl methyl sites for hydroxylation is 1. The molecule has 4 rings (SSSR count). The molecule has 0 amide bonds. The molecule has 0 aromatic heterocycles. The summed E-state index contributed by atoms with van der Waals surface area (Å²) in [4.78, 5) is 12.6. The molecule has 3 heteroatoms. The molecule has 0 unspecified atom stereocenters. The molecule has 0 spiro atoms. The van der Waals surface area contributed by atoms with Crippen molar-refractivity contribution >= 4 is 21.7 Å². The van der Waals surface area contributed by atoms with E-state index in [1.165, 1.54) is 11.1 Å². The minimum atomic E-state index is -0.107. The molecule has 0 bridgehead atoms. The maximum absolute atomic E-state index is 12.5. The molecule has 2 nitrogen and oxygen atoms in total. The van der Waals surface area contributed by atoms with E-state index < -0.39 is 0 Å². The molecule has 0 heterocycles. The molecule has 5 atom stereocenters. The highest BCUT2D eigenvalue weighted by molar-refractivity contribution is 9.10. The molecule has 0 saturated heterocycles. The Morgan fingerprint density at radius 1 is 1.33 bits per heavy atom. The number of fused-ring (bicyclic) bond motifs is 5. The number of phenols is 1. The fourth-order valence-corrected chi connectivity index (χ4v) is 6.24. The van der Waals surface area contributed by atoms with Gasteiger partial charge in [0.15, 0.2) is 5.78 Å². The molecule has 112 valence electrons. The Hall–Kier alpha value is -0.830. The zero-order valence-corrected chi connectivity index (χ0v) is 13.9. The quantitative estimate of drug-likeness (QED) is 0.713. The summed E-state index contributed by atoms with van der Waals surface area (Å²) in [5.41, 5.74) is 2.64. The van der Waals surface area contributed by atoms with Crippen LogP contribution in [0.25, 0.3) is 0 Å². The first-order valence-electron chi connectivity index (χ1n) is 8.01. The Labute approximate surface area is 134 Å². The number of phenolic OH excluding ortho intramolecular Hbond substituents is 1. The van der Waals surface area contributed by atoms with E-state index in [9.17, 15) is 9.90 Å². The van der Waals surface area contributed by atoms with Gasteiger partial charge in [0.2, 0.25) is 0 Å². The lowest BCUT2D eigenvalue weighted by Crippen LogP contribution is -2.42. The first kappa shape index (κ1) is 13.8. The van der Waals surface area contributed by atoms with Crippen LogP contribution >= 0.6 is 15.9 Å². The van der Waals surface area contributed by atoms with Crippen molar-refractivity contribution in [2.75, 3.05) is 0 Å². The highest BCUT2D eigenvalue weighted by Crippen LogP contribution is 2.60. The monoisotopic (exact) mass is 348 g/mol. The normalized spacial score (nSPS) is 41.3. The predicted molar refractivity (Wildman–Crippen MR) is 85.8 cm³/mol. The largest absolute Gasteiger partial charge is 0.508 e. The van der Waals surface area contributed by atoms with Gasteiger partial charge in [0.05, 0.1) is 4.83 Å². The number of aromatic hydroxyl groups is 1. The molecule has 3 aliphatic carbocycles. The summed E-state index contributed by atoms with van der Waals surface area (Å²) < 4.78 is 0. The van der Waals surface area contributed by atoms with Crippen LogP contribution in [0.3, 0.4) is 0 Å². The van der Waals surface area contributed by atoms with Gasteiger partial charge in [-0.3, -0.25) is 4.79 Å². The van der Waals surface area contributed by atoms with Gasteiger partial charge < -0.3 is 5.11 Å². The van der Waals surface area contributed by atoms with Crippen molar-refractivity contribution in [2.45, 2.75) is 49.8 Å². The lowest BCUT2D eigenvalue weighted by Gasteiger charge is -2.48. The second-order valence-electron chi connectivity index (χ2n) is 7.32. The maximum Gasteiger partial charge on any atom is 0.152 e. The second kappa shape index (κ2) is 4.58. The van der Waals surface area contributed by atoms with E-state index >= 15 is 0 Å². The summed E-state index contributed by atoms with van der Waals surface area (Å²) >= 11 is 3.60. The molecule has 2 saturated carbocycles. The molecule has 1 aromatic carbocycles. The van der Waals surface area contributed by atoms with Crippen molar-refractivity contribution in [3.05, 3.63) is 29.3 Å². The Balaban J connectivity index is 1.73. The van der Waals surface area contributed by atoms with Crippen LogP contribution in [-0.2, 0) is 11.2 Å². The summed E-state index contributed by atoms with van der Waals surface area (Å²) in [5.74, 6) is 2.55. The average Bonchev–Trinajstić information content (AvgIpc) is 2.70. The Morgan fingerprint density at radius 2 is 2.14 bits per heavy atom. The van der Waals surface area contributed by atoms with Crippen molar-refractivity contribution in [2.24, 2.45) is 17.3 Å². The number of Topliss-reactive ketones (excluding diaryl/α,β-unsaturated/α-hetero) is 1. The van der Waals surface area contributed by atoms with Crippen molar-refractivity contribution in [3.63, 3.8) is 0 Å². The third-order valence-corrected chi connectivity index (χ3v) is 7.20. The number of hydrogen-bond donors (Lipinski definition) is 1. The summed E-state index contributed by atoms with van der Waals surface area (Å²) in [7, 11) is 0. The molecule has 0 radical (unpaired) electrons. The third kappa shape index (κ3) is 1.86. The van der Waals surface area contributed by atoms with E-state index in [4.69, 9.17) is 0 Å². The van der Waals surface area contributed by atoms with E-state index in [0.717, 1.165) is 32.1 Å². The van der Waals surface area contributed by atoms with Crippen LogP contribution in [0.2, 0.25) is 0 Å². The number of alkyl halides is 1. The first-order valence-corrected chi connectivity index (χ1v) is 8.92. The number of carbonyl (C=O) groups is 1. The number of ketones is 1. The zero-order chi connectivity index (χ0) is 14.8. The standard InChI is InChI=1S/C18H21BrO2/c1-18-7-6-13-12-5-3-11(20)8-10(12)2-4-14(13)15(18)9-16(19)17(18)21/h3,5,8,13-16,20H,2,4,6-7,9H2,1H3/t13-,14-,15+,16+,18+/m1/s1. The van der Waals surface area contributed by atoms with E-state index in [1.807, 2.05) is 12.1 Å². The molecule has 2 fully saturated rings. The van der Waals surface area contributed by atoms with Gasteiger partial charge >= 0.3 is 0 Å². The van der Waals surface area contributed by atoms with Crippen LogP contribution in [0, 0.1) is 17.3 Å². The van der Waals surface area contributed by atoms with Gasteiger partial charge in [-0.1, -0.05) is 28.9 Å². The summed E-state index contributed by atoms with van der Waals surface area (Å²) in [6, 6.07) is 5.88. The topological polar surface area (TPSA) is 37.3 Å². The van der Waals surface area contributed by atoms with Crippen LogP contribution < -0.4 is 0 Å². The van der Waals surface area contributed by atoms with E-state index in [0.29, 0.717) is 29.3 Å². The SMILES string of the molecule is C[C@]12CC[C@@H]3c4ccc(O)cc4CC[C@H]3[C@@H]1C[C@H](Br)C2=O. The molecule has 1 N–H and O–H groups in total. The van der Waals surface area contributed by atoms with Crippen molar-refractivity contribution < 1.29 is 9.90 Å². The summed E-state index contributed by atoms with van der Waals surface area (Å²) in [6.07, 6.45) is 5.33. The molecular formula is C18H21BrO2. The van der Waals surface area contributed by atoms with Crippen LogP contribution in [-0.4, -0.2) is 15.7 Å². The van der Waals surface area contributed by atoms with Gasteiger partial charge in [-0.05, 0) is 73.1 Å². The van der Waals surface area contributed by atoms with E-state index in [-0.39, 0.29) is 10.2 Å². The predicted octanol–water partition coefficient (Wildman–Crippen LogP) is 4.19. The fraction of sp³-hybridized carbons (Fsp3) is 0.611. The van der Waals surface area contributed by atoms with Gasteiger partial charge in [-0.15, -0.1) is 0 Å². The number of rotatable bonds is 0.